The molecule has 6 heteroatoms. The number of carbonyl (C=O) groups excluding carboxylic acids is 2. The van der Waals surface area contributed by atoms with Crippen LogP contribution < -0.4 is 15.2 Å². The molecule has 0 aliphatic carbocycles. The third-order valence-electron chi connectivity index (χ3n) is 4.89. The van der Waals surface area contributed by atoms with Crippen LogP contribution in [0, 0.1) is 0 Å². The van der Waals surface area contributed by atoms with Crippen molar-refractivity contribution in [1.29, 1.82) is 0 Å². The number of nitrogens with zero attached hydrogens (tertiary/aromatic N) is 1. The predicted octanol–water partition coefficient (Wildman–Crippen LogP) is 3.70. The van der Waals surface area contributed by atoms with Gasteiger partial charge in [0.2, 0.25) is 5.91 Å². The molecular formula is C26H28N2O4. The van der Waals surface area contributed by atoms with Gasteiger partial charge in [-0.25, -0.2) is 0 Å². The number of primary amides is 1. The molecule has 6 nitrogen and oxygen atoms in total. The minimum Gasteiger partial charge on any atom is -0.490 e. The normalized spacial score (nSPS) is 10.4. The van der Waals surface area contributed by atoms with Crippen molar-refractivity contribution in [3.05, 3.63) is 96.1 Å². The molecule has 166 valence electrons. The molecule has 2 N–H and O–H groups in total. The van der Waals surface area contributed by atoms with E-state index in [-0.39, 0.29) is 18.9 Å². The Morgan fingerprint density at radius 1 is 0.719 bits per heavy atom. The molecule has 3 aromatic carbocycles. The Hall–Kier alpha value is -3.80. The van der Waals surface area contributed by atoms with Gasteiger partial charge in [-0.1, -0.05) is 48.5 Å². The van der Waals surface area contributed by atoms with Crippen LogP contribution in [0.2, 0.25) is 0 Å². The molecule has 3 rings (SSSR count). The van der Waals surface area contributed by atoms with Gasteiger partial charge in [-0.05, 0) is 48.4 Å². The van der Waals surface area contributed by atoms with Crippen molar-refractivity contribution in [3.63, 3.8) is 0 Å². The van der Waals surface area contributed by atoms with E-state index in [1.807, 2.05) is 60.7 Å². The number of carbonyl (C=O) groups is 2. The number of rotatable bonds is 12. The lowest BCUT2D eigenvalue weighted by atomic mass is 10.1. The van der Waals surface area contributed by atoms with Crippen LogP contribution in [0.5, 0.6) is 11.5 Å². The van der Waals surface area contributed by atoms with Gasteiger partial charge < -0.3 is 20.1 Å². The van der Waals surface area contributed by atoms with Gasteiger partial charge in [0.1, 0.15) is 24.7 Å². The minimum absolute atomic E-state index is 0.128. The van der Waals surface area contributed by atoms with Crippen molar-refractivity contribution in [3.8, 4) is 11.5 Å². The first-order valence-corrected chi connectivity index (χ1v) is 10.6. The van der Waals surface area contributed by atoms with Crippen molar-refractivity contribution in [1.82, 2.24) is 4.90 Å². The maximum atomic E-state index is 13.0. The average molecular weight is 433 g/mol. The number of hydrogen-bond donors (Lipinski definition) is 1. The maximum absolute atomic E-state index is 13.0. The summed E-state index contributed by atoms with van der Waals surface area (Å²) in [6.45, 7) is 1.61. The minimum atomic E-state index is -0.427. The summed E-state index contributed by atoms with van der Waals surface area (Å²) in [6.07, 6.45) is 0.830. The van der Waals surface area contributed by atoms with E-state index in [1.54, 1.807) is 29.2 Å². The van der Waals surface area contributed by atoms with E-state index < -0.39 is 5.91 Å². The van der Waals surface area contributed by atoms with E-state index >= 15 is 0 Å². The van der Waals surface area contributed by atoms with E-state index in [9.17, 15) is 9.59 Å². The second-order valence-corrected chi connectivity index (χ2v) is 7.28. The molecule has 0 radical (unpaired) electrons. The molecule has 3 aromatic rings. The fourth-order valence-corrected chi connectivity index (χ4v) is 3.18. The van der Waals surface area contributed by atoms with Crippen LogP contribution in [0.25, 0.3) is 0 Å². The monoisotopic (exact) mass is 432 g/mol. The molecule has 0 aromatic heterocycles. The zero-order chi connectivity index (χ0) is 22.6. The zero-order valence-corrected chi connectivity index (χ0v) is 18.0. The van der Waals surface area contributed by atoms with Gasteiger partial charge in [0.25, 0.3) is 5.91 Å². The lowest BCUT2D eigenvalue weighted by Gasteiger charge is -2.22. The molecule has 0 saturated heterocycles. The molecule has 0 aliphatic rings. The third kappa shape index (κ3) is 7.47. The molecule has 2 amide bonds. The first-order valence-electron chi connectivity index (χ1n) is 10.6. The Kier molecular flexibility index (Phi) is 8.69. The summed E-state index contributed by atoms with van der Waals surface area (Å²) in [6, 6.07) is 26.5. The second kappa shape index (κ2) is 12.2. The number of amides is 2. The summed E-state index contributed by atoms with van der Waals surface area (Å²) in [5.74, 6) is 0.889. The fraction of sp³-hybridized carbons (Fsp3) is 0.231. The first-order chi connectivity index (χ1) is 15.6. The predicted molar refractivity (Wildman–Crippen MR) is 124 cm³/mol. The quantitative estimate of drug-likeness (QED) is 0.443. The summed E-state index contributed by atoms with van der Waals surface area (Å²) in [7, 11) is 0. The van der Waals surface area contributed by atoms with Crippen LogP contribution in [0.4, 0.5) is 0 Å². The fourth-order valence-electron chi connectivity index (χ4n) is 3.18. The molecule has 0 spiro atoms. The van der Waals surface area contributed by atoms with Crippen LogP contribution in [-0.4, -0.2) is 43.0 Å². The number of nitrogens with two attached hydrogens (primary N) is 1. The average Bonchev–Trinajstić information content (AvgIpc) is 2.83. The number of hydrogen-bond acceptors (Lipinski definition) is 4. The van der Waals surface area contributed by atoms with Crippen LogP contribution in [0.15, 0.2) is 84.9 Å². The number of ether oxygens (including phenoxy) is 2. The van der Waals surface area contributed by atoms with Gasteiger partial charge in [-0.2, -0.15) is 0 Å². The Bertz CT molecular complexity index is 976. The summed E-state index contributed by atoms with van der Waals surface area (Å²) >= 11 is 0. The lowest BCUT2D eigenvalue weighted by molar-refractivity contribution is -0.118. The van der Waals surface area contributed by atoms with Crippen LogP contribution >= 0.6 is 0 Å². The molecule has 0 fully saturated rings. The largest absolute Gasteiger partial charge is 0.490 e. The van der Waals surface area contributed by atoms with Crippen LogP contribution in [0.1, 0.15) is 22.3 Å². The molecule has 0 unspecified atom stereocenters. The third-order valence-corrected chi connectivity index (χ3v) is 4.89. The highest BCUT2D eigenvalue weighted by Gasteiger charge is 2.16. The SMILES string of the molecule is NC(=O)CCN(CCc1ccccc1)C(=O)c1ccc(OCCOc2ccccc2)cc1. The topological polar surface area (TPSA) is 81.9 Å². The smallest absolute Gasteiger partial charge is 0.253 e. The highest BCUT2D eigenvalue weighted by atomic mass is 16.5. The van der Waals surface area contributed by atoms with Crippen molar-refractivity contribution < 1.29 is 19.1 Å². The number of para-hydroxylation sites is 1. The van der Waals surface area contributed by atoms with E-state index in [1.165, 1.54) is 0 Å². The maximum Gasteiger partial charge on any atom is 0.253 e. The second-order valence-electron chi connectivity index (χ2n) is 7.28. The van der Waals surface area contributed by atoms with Gasteiger partial charge in [0.15, 0.2) is 0 Å². The van der Waals surface area contributed by atoms with Gasteiger partial charge in [0.05, 0.1) is 0 Å². The van der Waals surface area contributed by atoms with E-state index in [4.69, 9.17) is 15.2 Å². The van der Waals surface area contributed by atoms with Gasteiger partial charge in [0, 0.05) is 25.1 Å². The van der Waals surface area contributed by atoms with Crippen molar-refractivity contribution >= 4 is 11.8 Å². The molecule has 0 bridgehead atoms. The Balaban J connectivity index is 1.53. The zero-order valence-electron chi connectivity index (χ0n) is 18.0. The standard InChI is InChI=1S/C26H28N2O4/c27-25(29)16-18-28(17-15-21-7-3-1-4-8-21)26(30)22-11-13-24(14-12-22)32-20-19-31-23-9-5-2-6-10-23/h1-14H,15-20H2,(H2,27,29). The summed E-state index contributed by atoms with van der Waals surface area (Å²) in [4.78, 5) is 25.9. The van der Waals surface area contributed by atoms with Crippen molar-refractivity contribution in [2.24, 2.45) is 5.73 Å². The Morgan fingerprint density at radius 2 is 1.28 bits per heavy atom. The molecule has 0 aliphatic heterocycles. The molecule has 0 heterocycles. The molecule has 32 heavy (non-hydrogen) atoms. The lowest BCUT2D eigenvalue weighted by Crippen LogP contribution is -2.35. The molecule has 0 atom stereocenters. The van der Waals surface area contributed by atoms with Crippen molar-refractivity contribution in [2.45, 2.75) is 12.8 Å². The Morgan fingerprint density at radius 3 is 1.88 bits per heavy atom. The van der Waals surface area contributed by atoms with E-state index in [0.717, 1.165) is 11.3 Å². The summed E-state index contributed by atoms with van der Waals surface area (Å²) in [5.41, 5.74) is 6.97. The first kappa shape index (κ1) is 22.9. The van der Waals surface area contributed by atoms with Gasteiger partial charge >= 0.3 is 0 Å². The van der Waals surface area contributed by atoms with Gasteiger partial charge in [-0.15, -0.1) is 0 Å². The molecular weight excluding hydrogens is 404 g/mol. The van der Waals surface area contributed by atoms with Crippen LogP contribution in [-0.2, 0) is 11.2 Å². The Labute approximate surface area is 188 Å². The summed E-state index contributed by atoms with van der Waals surface area (Å²) in [5, 5.41) is 0. The highest BCUT2D eigenvalue weighted by Crippen LogP contribution is 2.15. The van der Waals surface area contributed by atoms with Crippen molar-refractivity contribution in [2.75, 3.05) is 26.3 Å². The van der Waals surface area contributed by atoms with Gasteiger partial charge in [-0.3, -0.25) is 9.59 Å². The molecule has 0 saturated carbocycles. The van der Waals surface area contributed by atoms with Crippen LogP contribution in [0.3, 0.4) is 0 Å². The van der Waals surface area contributed by atoms with E-state index in [2.05, 4.69) is 0 Å². The number of benzene rings is 3. The van der Waals surface area contributed by atoms with E-state index in [0.29, 0.717) is 37.5 Å². The summed E-state index contributed by atoms with van der Waals surface area (Å²) < 4.78 is 11.3. The highest BCUT2D eigenvalue weighted by molar-refractivity contribution is 5.94.